The van der Waals surface area contributed by atoms with Crippen molar-refractivity contribution in [2.45, 2.75) is 123 Å². The first-order valence-electron chi connectivity index (χ1n) is 19.3. The minimum absolute atomic E-state index is 0.00519. The van der Waals surface area contributed by atoms with E-state index in [-0.39, 0.29) is 72.6 Å². The van der Waals surface area contributed by atoms with E-state index in [2.05, 4.69) is 17.6 Å². The molecule has 0 bridgehead atoms. The fourth-order valence-corrected chi connectivity index (χ4v) is 7.87. The quantitative estimate of drug-likeness (QED) is 0.166. The summed E-state index contributed by atoms with van der Waals surface area (Å²) >= 11 is 0. The summed E-state index contributed by atoms with van der Waals surface area (Å²) in [6, 6.07) is 7.36. The van der Waals surface area contributed by atoms with Crippen LogP contribution in [-0.2, 0) is 44.6 Å². The summed E-state index contributed by atoms with van der Waals surface area (Å²) in [6.45, 7) is 14.2. The maximum absolute atomic E-state index is 14.2. The second-order valence-corrected chi connectivity index (χ2v) is 15.4. The molecule has 2 rings (SSSR count). The third kappa shape index (κ3) is 12.3. The largest absolute Gasteiger partial charge is 0.467 e. The summed E-state index contributed by atoms with van der Waals surface area (Å²) in [6.07, 6.45) is 1.30. The molecule has 12 nitrogen and oxygen atoms in total. The lowest BCUT2D eigenvalue weighted by Crippen LogP contribution is -2.55. The first-order valence-corrected chi connectivity index (χ1v) is 19.3. The van der Waals surface area contributed by atoms with E-state index in [4.69, 9.17) is 14.2 Å². The normalized spacial score (nSPS) is 19.1. The highest BCUT2D eigenvalue weighted by atomic mass is 16.5. The minimum Gasteiger partial charge on any atom is -0.467 e. The third-order valence-electron chi connectivity index (χ3n) is 11.2. The van der Waals surface area contributed by atoms with Crippen LogP contribution in [0.2, 0.25) is 0 Å². The number of ketones is 1. The van der Waals surface area contributed by atoms with Crippen LogP contribution >= 0.6 is 0 Å². The first kappa shape index (κ1) is 45.8. The number of esters is 1. The molecule has 2 N–H and O–H groups in total. The zero-order chi connectivity index (χ0) is 40.0. The molecule has 1 aromatic rings. The van der Waals surface area contributed by atoms with E-state index in [0.717, 1.165) is 18.4 Å². The van der Waals surface area contributed by atoms with Gasteiger partial charge in [0.05, 0.1) is 49.8 Å². The molecule has 8 unspecified atom stereocenters. The zero-order valence-electron chi connectivity index (χ0n) is 34.3. The van der Waals surface area contributed by atoms with Crippen molar-refractivity contribution in [3.05, 3.63) is 35.9 Å². The number of hydrogen-bond donors (Lipinski definition) is 2. The molecule has 9 atom stereocenters. The molecule has 3 amide bonds. The molecule has 1 fully saturated rings. The summed E-state index contributed by atoms with van der Waals surface area (Å²) in [5, 5.41) is 5.97. The van der Waals surface area contributed by atoms with Crippen LogP contribution in [0.3, 0.4) is 0 Å². The van der Waals surface area contributed by atoms with Crippen molar-refractivity contribution < 1.29 is 38.2 Å². The van der Waals surface area contributed by atoms with Gasteiger partial charge < -0.3 is 34.6 Å². The number of amides is 3. The fourth-order valence-electron chi connectivity index (χ4n) is 7.87. The highest BCUT2D eigenvalue weighted by molar-refractivity contribution is 5.90. The number of nitrogens with one attached hydrogen (secondary N) is 2. The van der Waals surface area contributed by atoms with Gasteiger partial charge in [-0.3, -0.25) is 19.2 Å². The maximum atomic E-state index is 14.2. The molecule has 0 spiro atoms. The number of carbonyl (C=O) groups excluding carboxylic acids is 5. The molecular formula is C41H68N4O8. The second kappa shape index (κ2) is 22.1. The van der Waals surface area contributed by atoms with E-state index in [9.17, 15) is 24.0 Å². The van der Waals surface area contributed by atoms with Crippen molar-refractivity contribution in [3.63, 3.8) is 0 Å². The minimum atomic E-state index is -0.885. The lowest BCUT2D eigenvalue weighted by Gasteiger charge is -2.41. The van der Waals surface area contributed by atoms with Crippen LogP contribution in [-0.4, -0.2) is 118 Å². The van der Waals surface area contributed by atoms with Crippen molar-refractivity contribution in [2.24, 2.45) is 29.6 Å². The Bertz CT molecular complexity index is 1320. The third-order valence-corrected chi connectivity index (χ3v) is 11.2. The van der Waals surface area contributed by atoms with Gasteiger partial charge in [0.1, 0.15) is 6.04 Å². The number of hydrogen-bond acceptors (Lipinski definition) is 9. The molecule has 1 heterocycles. The van der Waals surface area contributed by atoms with Crippen molar-refractivity contribution in [1.82, 2.24) is 20.4 Å². The molecule has 0 radical (unpaired) electrons. The molecule has 12 heteroatoms. The summed E-state index contributed by atoms with van der Waals surface area (Å²) in [7, 11) is 7.91. The fraction of sp³-hybridized carbons (Fsp3) is 0.732. The Kier molecular flexibility index (Phi) is 19.1. The number of likely N-dealkylation sites (tertiary alicyclic amines) is 1. The smallest absolute Gasteiger partial charge is 0.328 e. The van der Waals surface area contributed by atoms with Crippen molar-refractivity contribution in [2.75, 3.05) is 42.0 Å². The average Bonchev–Trinajstić information content (AvgIpc) is 3.62. The number of Topliss-reactive ketones (excluding diaryl/α,β-unsaturated/α-hetero) is 1. The van der Waals surface area contributed by atoms with E-state index >= 15 is 0 Å². The van der Waals surface area contributed by atoms with Gasteiger partial charge in [-0.25, -0.2) is 4.79 Å². The zero-order valence-corrected chi connectivity index (χ0v) is 34.3. The van der Waals surface area contributed by atoms with Gasteiger partial charge in [0.15, 0.2) is 5.78 Å². The van der Waals surface area contributed by atoms with Crippen LogP contribution in [0.15, 0.2) is 30.3 Å². The number of rotatable bonds is 22. The van der Waals surface area contributed by atoms with Crippen molar-refractivity contribution >= 4 is 29.5 Å². The maximum Gasteiger partial charge on any atom is 0.328 e. The molecule has 0 aliphatic carbocycles. The van der Waals surface area contributed by atoms with Crippen LogP contribution in [0.5, 0.6) is 0 Å². The molecule has 1 aromatic carbocycles. The van der Waals surface area contributed by atoms with E-state index in [1.54, 1.807) is 37.9 Å². The van der Waals surface area contributed by atoms with Gasteiger partial charge in [0.2, 0.25) is 17.7 Å². The lowest BCUT2D eigenvalue weighted by atomic mass is 9.84. The number of benzene rings is 1. The Hall–Kier alpha value is -3.35. The summed E-state index contributed by atoms with van der Waals surface area (Å²) in [4.78, 5) is 71.5. The van der Waals surface area contributed by atoms with Gasteiger partial charge in [-0.1, -0.05) is 85.2 Å². The van der Waals surface area contributed by atoms with Gasteiger partial charge in [-0.05, 0) is 43.2 Å². The average molecular weight is 745 g/mol. The van der Waals surface area contributed by atoms with Crippen molar-refractivity contribution in [3.8, 4) is 0 Å². The van der Waals surface area contributed by atoms with Crippen LogP contribution in [0.4, 0.5) is 0 Å². The number of methoxy groups -OCH3 is 3. The molecule has 53 heavy (non-hydrogen) atoms. The van der Waals surface area contributed by atoms with Crippen LogP contribution in [0, 0.1) is 29.6 Å². The van der Waals surface area contributed by atoms with Gasteiger partial charge in [-0.2, -0.15) is 0 Å². The van der Waals surface area contributed by atoms with E-state index in [1.165, 1.54) is 14.2 Å². The second-order valence-electron chi connectivity index (χ2n) is 15.4. The Morgan fingerprint density at radius 3 is 2.08 bits per heavy atom. The van der Waals surface area contributed by atoms with Gasteiger partial charge in [0.25, 0.3) is 0 Å². The van der Waals surface area contributed by atoms with Crippen LogP contribution in [0.1, 0.15) is 86.1 Å². The molecule has 0 saturated carbocycles. The van der Waals surface area contributed by atoms with Crippen LogP contribution < -0.4 is 10.6 Å². The number of likely N-dealkylation sites (N-methyl/N-ethyl adjacent to an activating group) is 2. The van der Waals surface area contributed by atoms with E-state index in [1.807, 2.05) is 65.0 Å². The molecule has 1 saturated heterocycles. The molecule has 1 aliphatic heterocycles. The summed E-state index contributed by atoms with van der Waals surface area (Å²) < 4.78 is 16.9. The molecule has 1 aliphatic rings. The number of ether oxygens (including phenoxy) is 3. The Morgan fingerprint density at radius 1 is 0.925 bits per heavy atom. The Balaban J connectivity index is 2.27. The molecule has 0 aromatic heterocycles. The van der Waals surface area contributed by atoms with Gasteiger partial charge in [0, 0.05) is 46.6 Å². The van der Waals surface area contributed by atoms with Crippen molar-refractivity contribution in [1.29, 1.82) is 0 Å². The van der Waals surface area contributed by atoms with Gasteiger partial charge in [-0.15, -0.1) is 0 Å². The molecular weight excluding hydrogens is 676 g/mol. The Labute approximate surface area is 318 Å². The van der Waals surface area contributed by atoms with Gasteiger partial charge >= 0.3 is 5.97 Å². The van der Waals surface area contributed by atoms with E-state index in [0.29, 0.717) is 13.0 Å². The van der Waals surface area contributed by atoms with E-state index < -0.39 is 42.1 Å². The summed E-state index contributed by atoms with van der Waals surface area (Å²) in [5.74, 6) is -2.40. The topological polar surface area (TPSA) is 144 Å². The number of carbonyl (C=O) groups is 5. The predicted octanol–water partition coefficient (Wildman–Crippen LogP) is 4.28. The number of nitrogens with zero attached hydrogens (tertiary/aromatic N) is 2. The Morgan fingerprint density at radius 2 is 1.57 bits per heavy atom. The SMILES string of the molecule is CCC(C)C(C(CC(=O)N1CCC[C@@H]1C(OC)C(C)C(=O)NC(Cc1ccccc1)C(=O)OC)OC)N(C)C(=O)C(CC(=O)C(NC)C(C)C)C(C)C. The standard InChI is InChI=1S/C41H68N4O8/c1-13-27(6)37(44(9)40(49)30(25(2)3)23-33(46)36(42-8)26(4)5)34(51-10)24-35(47)45-21-17-20-32(45)38(52-11)28(7)39(48)43-31(41(50)53-12)22-29-18-15-14-16-19-29/h14-16,18-19,25-28,30-32,34,36-38,42H,13,17,20-24H2,1-12H3,(H,43,48)/t27?,28?,30?,31?,32-,34?,36?,37?,38?/m1/s1. The predicted molar refractivity (Wildman–Crippen MR) is 206 cm³/mol. The lowest BCUT2D eigenvalue weighted by molar-refractivity contribution is -0.149. The first-order chi connectivity index (χ1) is 25.1. The molecule has 300 valence electrons. The summed E-state index contributed by atoms with van der Waals surface area (Å²) in [5.41, 5.74) is 0.879. The van der Waals surface area contributed by atoms with Crippen LogP contribution in [0.25, 0.3) is 0 Å². The highest BCUT2D eigenvalue weighted by Crippen LogP contribution is 2.31. The highest BCUT2D eigenvalue weighted by Gasteiger charge is 2.43. The monoisotopic (exact) mass is 745 g/mol.